The maximum atomic E-state index is 13.4. The number of amides is 4. The number of carbonyl (C=O) groups excluding carboxylic acids is 3. The van der Waals surface area contributed by atoms with Gasteiger partial charge in [-0.25, -0.2) is 4.79 Å². The Hall–Kier alpha value is -3.66. The number of imide groups is 1. The van der Waals surface area contributed by atoms with Crippen LogP contribution in [0.1, 0.15) is 56.4 Å². The first-order chi connectivity index (χ1) is 15.9. The number of carbonyl (C=O) groups is 3. The molecule has 1 unspecified atom stereocenters. The summed E-state index contributed by atoms with van der Waals surface area (Å²) in [5.41, 5.74) is 3.07. The molecule has 0 aromatic heterocycles. The fraction of sp³-hybridized carbons (Fsp3) is 0.407. The molecule has 1 aliphatic rings. The van der Waals surface area contributed by atoms with E-state index >= 15 is 0 Å². The molecule has 0 bridgehead atoms. The van der Waals surface area contributed by atoms with Crippen molar-refractivity contribution in [1.29, 1.82) is 5.26 Å². The first-order valence-electron chi connectivity index (χ1n) is 11.4. The van der Waals surface area contributed by atoms with Gasteiger partial charge in [0, 0.05) is 12.2 Å². The summed E-state index contributed by atoms with van der Waals surface area (Å²) in [5.74, 6) is -0.897. The van der Waals surface area contributed by atoms with Gasteiger partial charge < -0.3 is 10.2 Å². The third-order valence-corrected chi connectivity index (χ3v) is 6.16. The van der Waals surface area contributed by atoms with Gasteiger partial charge in [0.1, 0.15) is 12.1 Å². The topological polar surface area (TPSA) is 93.5 Å². The molecule has 1 aliphatic heterocycles. The number of benzene rings is 2. The van der Waals surface area contributed by atoms with E-state index in [4.69, 9.17) is 5.26 Å². The van der Waals surface area contributed by atoms with Crippen LogP contribution in [0.3, 0.4) is 0 Å². The molecule has 7 heteroatoms. The minimum absolute atomic E-state index is 0.0398. The van der Waals surface area contributed by atoms with Crippen LogP contribution in [-0.2, 0) is 20.5 Å². The number of anilines is 1. The van der Waals surface area contributed by atoms with Gasteiger partial charge >= 0.3 is 6.03 Å². The predicted octanol–water partition coefficient (Wildman–Crippen LogP) is 4.31. The second kappa shape index (κ2) is 9.30. The average Bonchev–Trinajstić information content (AvgIpc) is 2.97. The van der Waals surface area contributed by atoms with E-state index in [0.717, 1.165) is 21.6 Å². The van der Waals surface area contributed by atoms with Gasteiger partial charge in [0.05, 0.1) is 12.5 Å². The molecular weight excluding hydrogens is 428 g/mol. The molecule has 1 heterocycles. The van der Waals surface area contributed by atoms with Crippen LogP contribution < -0.4 is 10.2 Å². The summed E-state index contributed by atoms with van der Waals surface area (Å²) in [6.45, 7) is 11.6. The summed E-state index contributed by atoms with van der Waals surface area (Å²) >= 11 is 0. The summed E-state index contributed by atoms with van der Waals surface area (Å²) < 4.78 is 0. The molecule has 178 valence electrons. The van der Waals surface area contributed by atoms with Crippen LogP contribution in [-0.4, -0.2) is 35.8 Å². The van der Waals surface area contributed by atoms with Crippen molar-refractivity contribution < 1.29 is 14.4 Å². The Labute approximate surface area is 201 Å². The van der Waals surface area contributed by atoms with E-state index in [0.29, 0.717) is 11.3 Å². The average molecular weight is 461 g/mol. The normalized spacial score (nSPS) is 18.0. The van der Waals surface area contributed by atoms with E-state index in [2.05, 4.69) is 32.2 Å². The molecule has 3 rings (SSSR count). The molecule has 1 fully saturated rings. The Bertz CT molecular complexity index is 1140. The molecule has 2 aromatic rings. The number of nitriles is 1. The lowest BCUT2D eigenvalue weighted by atomic mass is 9.84. The Morgan fingerprint density at radius 2 is 1.68 bits per heavy atom. The second-order valence-corrected chi connectivity index (χ2v) is 10.1. The van der Waals surface area contributed by atoms with Crippen molar-refractivity contribution in [1.82, 2.24) is 10.2 Å². The Balaban J connectivity index is 1.85. The van der Waals surface area contributed by atoms with Crippen LogP contribution in [0.15, 0.2) is 42.5 Å². The first kappa shape index (κ1) is 25.0. The van der Waals surface area contributed by atoms with Crippen LogP contribution in [0.25, 0.3) is 0 Å². The van der Waals surface area contributed by atoms with Crippen molar-refractivity contribution in [2.24, 2.45) is 0 Å². The van der Waals surface area contributed by atoms with Crippen LogP contribution in [0.2, 0.25) is 0 Å². The molecule has 0 saturated carbocycles. The lowest BCUT2D eigenvalue weighted by molar-refractivity contribution is -0.134. The minimum atomic E-state index is -1.26. The number of nitrogens with one attached hydrogen (secondary N) is 1. The lowest BCUT2D eigenvalue weighted by Crippen LogP contribution is -2.45. The SMILES string of the molecule is Cc1cc(C)cc(N(CCC#N)C(=O)CN2C(=O)NC(C)(c3ccc(C(C)(C)C)cc3)C2=O)c1. The van der Waals surface area contributed by atoms with E-state index < -0.39 is 29.9 Å². The van der Waals surface area contributed by atoms with Gasteiger partial charge in [0.15, 0.2) is 0 Å². The number of hydrogen-bond acceptors (Lipinski definition) is 4. The number of rotatable bonds is 6. The number of hydrogen-bond donors (Lipinski definition) is 1. The van der Waals surface area contributed by atoms with E-state index in [1.54, 1.807) is 6.92 Å². The van der Waals surface area contributed by atoms with Gasteiger partial charge in [-0.05, 0) is 60.6 Å². The van der Waals surface area contributed by atoms with Crippen molar-refractivity contribution >= 4 is 23.5 Å². The molecule has 7 nitrogen and oxygen atoms in total. The lowest BCUT2D eigenvalue weighted by Gasteiger charge is -2.26. The highest BCUT2D eigenvalue weighted by Crippen LogP contribution is 2.31. The third-order valence-electron chi connectivity index (χ3n) is 6.16. The van der Waals surface area contributed by atoms with Crippen LogP contribution in [0, 0.1) is 25.2 Å². The zero-order valence-electron chi connectivity index (χ0n) is 20.7. The van der Waals surface area contributed by atoms with E-state index in [1.165, 1.54) is 4.90 Å². The Morgan fingerprint density at radius 3 is 2.21 bits per heavy atom. The Morgan fingerprint density at radius 1 is 1.09 bits per heavy atom. The number of aryl methyl sites for hydroxylation is 2. The zero-order valence-corrected chi connectivity index (χ0v) is 20.7. The zero-order chi connectivity index (χ0) is 25.3. The van der Waals surface area contributed by atoms with Crippen molar-refractivity contribution in [3.63, 3.8) is 0 Å². The van der Waals surface area contributed by atoms with Gasteiger partial charge in [-0.1, -0.05) is 51.1 Å². The molecule has 2 aromatic carbocycles. The van der Waals surface area contributed by atoms with Gasteiger partial charge in [-0.3, -0.25) is 14.5 Å². The van der Waals surface area contributed by atoms with E-state index in [1.807, 2.05) is 56.3 Å². The van der Waals surface area contributed by atoms with Crippen LogP contribution >= 0.6 is 0 Å². The molecule has 0 radical (unpaired) electrons. The molecule has 1 saturated heterocycles. The largest absolute Gasteiger partial charge is 0.325 e. The number of nitrogens with zero attached hydrogens (tertiary/aromatic N) is 3. The van der Waals surface area contributed by atoms with Crippen LogP contribution in [0.4, 0.5) is 10.5 Å². The highest BCUT2D eigenvalue weighted by molar-refractivity contribution is 6.10. The summed E-state index contributed by atoms with van der Waals surface area (Å²) in [4.78, 5) is 41.8. The predicted molar refractivity (Wildman–Crippen MR) is 131 cm³/mol. The summed E-state index contributed by atoms with van der Waals surface area (Å²) in [7, 11) is 0. The molecule has 0 aliphatic carbocycles. The minimum Gasteiger partial charge on any atom is -0.319 e. The van der Waals surface area contributed by atoms with Gasteiger partial charge in [0.2, 0.25) is 5.91 Å². The smallest absolute Gasteiger partial charge is 0.319 e. The quantitative estimate of drug-likeness (QED) is 0.650. The molecule has 1 atom stereocenters. The molecule has 4 amide bonds. The third kappa shape index (κ3) is 4.96. The van der Waals surface area contributed by atoms with E-state index in [-0.39, 0.29) is 18.4 Å². The molecular formula is C27H32N4O3. The molecule has 1 N–H and O–H groups in total. The van der Waals surface area contributed by atoms with Gasteiger partial charge in [0.25, 0.3) is 5.91 Å². The standard InChI is InChI=1S/C27H32N4O3/c1-18-14-19(2)16-22(15-18)30(13-7-12-28)23(32)17-31-24(33)27(6,29-25(31)34)21-10-8-20(9-11-21)26(3,4)5/h8-11,14-16H,7,13,17H2,1-6H3,(H,29,34). The van der Waals surface area contributed by atoms with Crippen molar-refractivity contribution in [2.45, 2.75) is 58.9 Å². The maximum Gasteiger partial charge on any atom is 0.325 e. The monoisotopic (exact) mass is 460 g/mol. The van der Waals surface area contributed by atoms with Crippen LogP contribution in [0.5, 0.6) is 0 Å². The Kier molecular flexibility index (Phi) is 6.83. The summed E-state index contributed by atoms with van der Waals surface area (Å²) in [6.07, 6.45) is 0.136. The van der Waals surface area contributed by atoms with Crippen molar-refractivity contribution in [2.75, 3.05) is 18.0 Å². The van der Waals surface area contributed by atoms with Gasteiger partial charge in [-0.15, -0.1) is 0 Å². The molecule has 34 heavy (non-hydrogen) atoms. The second-order valence-electron chi connectivity index (χ2n) is 10.1. The number of urea groups is 1. The molecule has 0 spiro atoms. The highest BCUT2D eigenvalue weighted by Gasteiger charge is 2.49. The van der Waals surface area contributed by atoms with Crippen molar-refractivity contribution in [3.05, 3.63) is 64.7 Å². The van der Waals surface area contributed by atoms with Gasteiger partial charge in [-0.2, -0.15) is 5.26 Å². The van der Waals surface area contributed by atoms with E-state index in [9.17, 15) is 14.4 Å². The maximum absolute atomic E-state index is 13.4. The highest BCUT2D eigenvalue weighted by atomic mass is 16.2. The summed E-state index contributed by atoms with van der Waals surface area (Å²) in [5, 5.41) is 11.8. The fourth-order valence-electron chi connectivity index (χ4n) is 4.23. The summed E-state index contributed by atoms with van der Waals surface area (Å²) in [6, 6.07) is 14.8. The fourth-order valence-corrected chi connectivity index (χ4v) is 4.23. The first-order valence-corrected chi connectivity index (χ1v) is 11.4. The van der Waals surface area contributed by atoms with Crippen molar-refractivity contribution in [3.8, 4) is 6.07 Å².